The fraction of sp³-hybridized carbons (Fsp3) is 0.875. The first-order valence-electron chi connectivity index (χ1n) is 4.05. The molecule has 0 aromatic rings. The molecular weight excluding hydrogens is 177 g/mol. The molecule has 2 N–H and O–H groups in total. The van der Waals surface area contributed by atoms with E-state index in [1.807, 2.05) is 0 Å². The monoisotopic (exact) mass is 193 g/mol. The highest BCUT2D eigenvalue weighted by Gasteiger charge is 2.18. The van der Waals surface area contributed by atoms with Crippen LogP contribution in [0.5, 0.6) is 0 Å². The number of alkyl halides is 1. The van der Waals surface area contributed by atoms with Gasteiger partial charge < -0.3 is 15.2 Å². The molecule has 0 saturated carbocycles. The molecule has 13 heavy (non-hydrogen) atoms. The van der Waals surface area contributed by atoms with Crippen LogP contribution in [-0.4, -0.2) is 36.1 Å². The normalized spacial score (nSPS) is 13.6. The predicted molar refractivity (Wildman–Crippen MR) is 46.2 cm³/mol. The molecule has 0 aliphatic rings. The number of carbonyl (C=O) groups is 1. The largest absolute Gasteiger partial charge is 0.444 e. The quantitative estimate of drug-likeness (QED) is 0.698. The van der Waals surface area contributed by atoms with Crippen LogP contribution in [0.2, 0.25) is 0 Å². The summed E-state index contributed by atoms with van der Waals surface area (Å²) in [5.74, 6) is 0. The smallest absolute Gasteiger partial charge is 0.408 e. The first-order valence-corrected chi connectivity index (χ1v) is 4.05. The Morgan fingerprint density at radius 1 is 1.62 bits per heavy atom. The summed E-state index contributed by atoms with van der Waals surface area (Å²) >= 11 is 0. The molecule has 0 aliphatic carbocycles. The Morgan fingerprint density at radius 3 is 2.46 bits per heavy atom. The SMILES string of the molecule is CC(C)(C)OC(=O)N[C@@H](CO)CF. The standard InChI is InChI=1S/C8H16FNO3/c1-8(2,3)13-7(12)10-6(4-9)5-11/h6,11H,4-5H2,1-3H3,(H,10,12)/t6-/m1/s1. The van der Waals surface area contributed by atoms with Crippen LogP contribution in [0.25, 0.3) is 0 Å². The van der Waals surface area contributed by atoms with Crippen molar-refractivity contribution >= 4 is 6.09 Å². The Bertz CT molecular complexity index is 163. The summed E-state index contributed by atoms with van der Waals surface area (Å²) in [5, 5.41) is 10.7. The number of nitrogens with one attached hydrogen (secondary N) is 1. The maximum Gasteiger partial charge on any atom is 0.408 e. The minimum Gasteiger partial charge on any atom is -0.444 e. The Hall–Kier alpha value is -0.840. The Kier molecular flexibility index (Phi) is 4.69. The number of carbonyl (C=O) groups excluding carboxylic acids is 1. The molecule has 0 spiro atoms. The molecule has 1 amide bonds. The van der Waals surface area contributed by atoms with E-state index in [-0.39, 0.29) is 0 Å². The number of aliphatic hydroxyl groups excluding tert-OH is 1. The van der Waals surface area contributed by atoms with Crippen molar-refractivity contribution in [3.05, 3.63) is 0 Å². The lowest BCUT2D eigenvalue weighted by molar-refractivity contribution is 0.0471. The van der Waals surface area contributed by atoms with Gasteiger partial charge in [0.25, 0.3) is 0 Å². The fourth-order valence-electron chi connectivity index (χ4n) is 0.607. The van der Waals surface area contributed by atoms with Crippen LogP contribution in [0, 0.1) is 0 Å². The molecule has 1 atom stereocenters. The van der Waals surface area contributed by atoms with E-state index in [9.17, 15) is 9.18 Å². The molecule has 0 rings (SSSR count). The molecule has 4 nitrogen and oxygen atoms in total. The molecule has 0 unspecified atom stereocenters. The summed E-state index contributed by atoms with van der Waals surface area (Å²) in [7, 11) is 0. The number of aliphatic hydroxyl groups is 1. The fourth-order valence-corrected chi connectivity index (χ4v) is 0.607. The predicted octanol–water partition coefficient (Wildman–Crippen LogP) is 0.842. The van der Waals surface area contributed by atoms with Crippen LogP contribution in [0.4, 0.5) is 9.18 Å². The van der Waals surface area contributed by atoms with Crippen LogP contribution in [0.3, 0.4) is 0 Å². The summed E-state index contributed by atoms with van der Waals surface area (Å²) in [6.07, 6.45) is -0.718. The minimum atomic E-state index is -0.880. The average molecular weight is 193 g/mol. The Morgan fingerprint density at radius 2 is 2.15 bits per heavy atom. The van der Waals surface area contributed by atoms with Gasteiger partial charge in [0.1, 0.15) is 12.3 Å². The van der Waals surface area contributed by atoms with E-state index in [2.05, 4.69) is 5.32 Å². The summed E-state index contributed by atoms with van der Waals surface area (Å²) in [5.41, 5.74) is -0.611. The van der Waals surface area contributed by atoms with Gasteiger partial charge in [0.15, 0.2) is 0 Å². The van der Waals surface area contributed by atoms with Crippen LogP contribution < -0.4 is 5.32 Å². The van der Waals surface area contributed by atoms with E-state index in [0.717, 1.165) is 0 Å². The van der Waals surface area contributed by atoms with Gasteiger partial charge in [0, 0.05) is 0 Å². The molecule has 0 radical (unpaired) electrons. The summed E-state index contributed by atoms with van der Waals surface area (Å²) in [4.78, 5) is 11.0. The third kappa shape index (κ3) is 6.33. The zero-order valence-electron chi connectivity index (χ0n) is 8.13. The zero-order chi connectivity index (χ0) is 10.5. The van der Waals surface area contributed by atoms with Crippen molar-refractivity contribution in [1.29, 1.82) is 0 Å². The van der Waals surface area contributed by atoms with Gasteiger partial charge in [-0.3, -0.25) is 0 Å². The highest BCUT2D eigenvalue weighted by molar-refractivity contribution is 5.68. The van der Waals surface area contributed by atoms with Crippen molar-refractivity contribution < 1.29 is 19.0 Å². The summed E-state index contributed by atoms with van der Waals surface area (Å²) in [6.45, 7) is 3.87. The van der Waals surface area contributed by atoms with Crippen molar-refractivity contribution in [2.75, 3.05) is 13.3 Å². The highest BCUT2D eigenvalue weighted by Crippen LogP contribution is 2.06. The molecule has 0 fully saturated rings. The third-order valence-electron chi connectivity index (χ3n) is 1.13. The van der Waals surface area contributed by atoms with Gasteiger partial charge in [-0.15, -0.1) is 0 Å². The Balaban J connectivity index is 3.86. The van der Waals surface area contributed by atoms with Crippen molar-refractivity contribution in [2.45, 2.75) is 32.4 Å². The molecular formula is C8H16FNO3. The maximum absolute atomic E-state index is 12.0. The van der Waals surface area contributed by atoms with Gasteiger partial charge in [0.2, 0.25) is 0 Å². The van der Waals surface area contributed by atoms with Crippen molar-refractivity contribution in [3.63, 3.8) is 0 Å². The lowest BCUT2D eigenvalue weighted by atomic mass is 10.2. The summed E-state index contributed by atoms with van der Waals surface area (Å²) in [6, 6.07) is -0.880. The maximum atomic E-state index is 12.0. The van der Waals surface area contributed by atoms with Gasteiger partial charge in [-0.05, 0) is 20.8 Å². The van der Waals surface area contributed by atoms with E-state index in [4.69, 9.17) is 9.84 Å². The molecule has 78 valence electrons. The number of ether oxygens (including phenoxy) is 1. The molecule has 0 aromatic heterocycles. The second kappa shape index (κ2) is 5.01. The molecule has 0 heterocycles. The van der Waals surface area contributed by atoms with Gasteiger partial charge >= 0.3 is 6.09 Å². The van der Waals surface area contributed by atoms with Gasteiger partial charge in [-0.2, -0.15) is 0 Å². The van der Waals surface area contributed by atoms with Gasteiger partial charge in [-0.25, -0.2) is 9.18 Å². The van der Waals surface area contributed by atoms with E-state index in [0.29, 0.717) is 0 Å². The van der Waals surface area contributed by atoms with E-state index in [1.54, 1.807) is 20.8 Å². The molecule has 5 heteroatoms. The zero-order valence-corrected chi connectivity index (χ0v) is 8.13. The van der Waals surface area contributed by atoms with Crippen molar-refractivity contribution in [1.82, 2.24) is 5.32 Å². The number of amides is 1. The number of rotatable bonds is 3. The minimum absolute atomic E-state index is 0.435. The summed E-state index contributed by atoms with van der Waals surface area (Å²) < 4.78 is 16.9. The molecule has 0 saturated heterocycles. The van der Waals surface area contributed by atoms with Gasteiger partial charge in [-0.1, -0.05) is 0 Å². The Labute approximate surface area is 77.1 Å². The van der Waals surface area contributed by atoms with Crippen LogP contribution >= 0.6 is 0 Å². The van der Waals surface area contributed by atoms with Crippen LogP contribution in [-0.2, 0) is 4.74 Å². The van der Waals surface area contributed by atoms with Crippen molar-refractivity contribution in [2.24, 2.45) is 0 Å². The van der Waals surface area contributed by atoms with Crippen LogP contribution in [0.1, 0.15) is 20.8 Å². The first-order chi connectivity index (χ1) is 5.89. The lowest BCUT2D eigenvalue weighted by Crippen LogP contribution is -2.42. The molecule has 0 aliphatic heterocycles. The van der Waals surface area contributed by atoms with E-state index >= 15 is 0 Å². The molecule has 0 aromatic carbocycles. The highest BCUT2D eigenvalue weighted by atomic mass is 19.1. The second-order valence-corrected chi connectivity index (χ2v) is 3.68. The van der Waals surface area contributed by atoms with Crippen LogP contribution in [0.15, 0.2) is 0 Å². The van der Waals surface area contributed by atoms with Gasteiger partial charge in [0.05, 0.1) is 12.6 Å². The average Bonchev–Trinajstić information content (AvgIpc) is 1.96. The lowest BCUT2D eigenvalue weighted by Gasteiger charge is -2.21. The third-order valence-corrected chi connectivity index (χ3v) is 1.13. The molecule has 0 bridgehead atoms. The van der Waals surface area contributed by atoms with Crippen molar-refractivity contribution in [3.8, 4) is 0 Å². The number of halogens is 1. The number of hydrogen-bond acceptors (Lipinski definition) is 3. The topological polar surface area (TPSA) is 58.6 Å². The first kappa shape index (κ1) is 12.2. The number of alkyl carbamates (subject to hydrolysis) is 1. The van der Waals surface area contributed by atoms with E-state index in [1.165, 1.54) is 0 Å². The number of hydrogen-bond donors (Lipinski definition) is 2. The second-order valence-electron chi connectivity index (χ2n) is 3.68. The van der Waals surface area contributed by atoms with E-state index < -0.39 is 31.0 Å².